The van der Waals surface area contributed by atoms with Crippen LogP contribution in [0.4, 0.5) is 4.79 Å². The third kappa shape index (κ3) is 5.06. The Hall–Kier alpha value is -1.26. The van der Waals surface area contributed by atoms with E-state index in [1.54, 1.807) is 0 Å². The van der Waals surface area contributed by atoms with E-state index in [0.717, 1.165) is 0 Å². The van der Waals surface area contributed by atoms with E-state index in [0.29, 0.717) is 12.3 Å². The minimum atomic E-state index is -0.832. The fourth-order valence-corrected chi connectivity index (χ4v) is 1.94. The molecule has 5 nitrogen and oxygen atoms in total. The molecular formula is C12H22N2O3. The molecule has 0 radical (unpaired) electrons. The van der Waals surface area contributed by atoms with Gasteiger partial charge in [0, 0.05) is 18.5 Å². The summed E-state index contributed by atoms with van der Waals surface area (Å²) in [6.45, 7) is 3.84. The smallest absolute Gasteiger partial charge is 0.315 e. The van der Waals surface area contributed by atoms with Gasteiger partial charge in [0.05, 0.1) is 0 Å². The molecule has 0 heterocycles. The summed E-state index contributed by atoms with van der Waals surface area (Å²) in [6, 6.07) is -0.0996. The summed E-state index contributed by atoms with van der Waals surface area (Å²) in [5, 5.41) is 14.2. The van der Waals surface area contributed by atoms with Crippen LogP contribution in [0.2, 0.25) is 0 Å². The van der Waals surface area contributed by atoms with Crippen LogP contribution in [0.25, 0.3) is 0 Å². The lowest BCUT2D eigenvalue weighted by atomic mass is 9.80. The molecule has 1 aliphatic carbocycles. The average Bonchev–Trinajstić information content (AvgIpc) is 2.11. The van der Waals surface area contributed by atoms with E-state index in [1.807, 2.05) is 13.8 Å². The number of hydrogen-bond donors (Lipinski definition) is 3. The van der Waals surface area contributed by atoms with Gasteiger partial charge >= 0.3 is 12.0 Å². The number of nitrogens with one attached hydrogen (secondary N) is 2. The number of rotatable bonds is 6. The van der Waals surface area contributed by atoms with Crippen LogP contribution < -0.4 is 10.6 Å². The minimum absolute atomic E-state index is 0.0830. The molecule has 0 aromatic carbocycles. The van der Waals surface area contributed by atoms with Gasteiger partial charge in [0.15, 0.2) is 0 Å². The van der Waals surface area contributed by atoms with Gasteiger partial charge in [0.2, 0.25) is 0 Å². The van der Waals surface area contributed by atoms with Gasteiger partial charge in [-0.2, -0.15) is 0 Å². The number of carbonyl (C=O) groups is 2. The van der Waals surface area contributed by atoms with Crippen LogP contribution in [0.15, 0.2) is 0 Å². The number of urea groups is 1. The maximum atomic E-state index is 11.6. The van der Waals surface area contributed by atoms with Crippen LogP contribution in [0.5, 0.6) is 0 Å². The van der Waals surface area contributed by atoms with E-state index in [-0.39, 0.29) is 24.5 Å². The van der Waals surface area contributed by atoms with Crippen molar-refractivity contribution in [3.05, 3.63) is 0 Å². The molecule has 1 aliphatic rings. The number of amides is 2. The molecule has 1 fully saturated rings. The van der Waals surface area contributed by atoms with Crippen LogP contribution in [0.1, 0.15) is 46.0 Å². The van der Waals surface area contributed by atoms with Gasteiger partial charge in [0.1, 0.15) is 0 Å². The second kappa shape index (κ2) is 6.47. The fourth-order valence-electron chi connectivity index (χ4n) is 1.94. The first kappa shape index (κ1) is 13.8. The minimum Gasteiger partial charge on any atom is -0.481 e. The fraction of sp³-hybridized carbons (Fsp3) is 0.833. The third-order valence-corrected chi connectivity index (χ3v) is 3.38. The predicted molar refractivity (Wildman–Crippen MR) is 64.8 cm³/mol. The van der Waals surface area contributed by atoms with Gasteiger partial charge in [-0.3, -0.25) is 4.79 Å². The lowest BCUT2D eigenvalue weighted by Crippen LogP contribution is -2.48. The van der Waals surface area contributed by atoms with E-state index in [1.165, 1.54) is 19.3 Å². The molecule has 0 aromatic heterocycles. The summed E-state index contributed by atoms with van der Waals surface area (Å²) in [4.78, 5) is 22.0. The van der Waals surface area contributed by atoms with Gasteiger partial charge in [-0.15, -0.1) is 0 Å². The maximum absolute atomic E-state index is 11.6. The number of carbonyl (C=O) groups excluding carboxylic acids is 1. The van der Waals surface area contributed by atoms with Gasteiger partial charge in [-0.1, -0.05) is 6.42 Å². The molecular weight excluding hydrogens is 220 g/mol. The zero-order chi connectivity index (χ0) is 12.8. The normalized spacial score (nSPS) is 18.9. The zero-order valence-electron chi connectivity index (χ0n) is 10.5. The second-order valence-electron chi connectivity index (χ2n) is 4.93. The Morgan fingerprint density at radius 1 is 1.29 bits per heavy atom. The van der Waals surface area contributed by atoms with Gasteiger partial charge < -0.3 is 15.7 Å². The van der Waals surface area contributed by atoms with E-state index in [9.17, 15) is 9.59 Å². The highest BCUT2D eigenvalue weighted by Gasteiger charge is 2.25. The first-order valence-electron chi connectivity index (χ1n) is 6.28. The summed E-state index contributed by atoms with van der Waals surface area (Å²) in [6.07, 6.45) is 4.18. The van der Waals surface area contributed by atoms with Gasteiger partial charge in [-0.25, -0.2) is 4.79 Å². The second-order valence-corrected chi connectivity index (χ2v) is 4.93. The van der Waals surface area contributed by atoms with E-state index >= 15 is 0 Å². The number of hydrogen-bond acceptors (Lipinski definition) is 2. The lowest BCUT2D eigenvalue weighted by molar-refractivity contribution is -0.137. The standard InChI is InChI=1S/C12H22N2O3/c1-8(6-7-11(15)16)13-12(17)14-9(2)10-4-3-5-10/h8-10H,3-7H2,1-2H3,(H,15,16)(H2,13,14,17). The van der Waals surface area contributed by atoms with Gasteiger partial charge in [-0.05, 0) is 39.0 Å². The van der Waals surface area contributed by atoms with Crippen LogP contribution in [-0.2, 0) is 4.79 Å². The molecule has 1 rings (SSSR count). The van der Waals surface area contributed by atoms with Crippen molar-refractivity contribution in [3.8, 4) is 0 Å². The SMILES string of the molecule is CC(CCC(=O)O)NC(=O)NC(C)C1CCC1. The Morgan fingerprint density at radius 2 is 1.94 bits per heavy atom. The van der Waals surface area contributed by atoms with Crippen LogP contribution in [0.3, 0.4) is 0 Å². The summed E-state index contributed by atoms with van der Waals surface area (Å²) >= 11 is 0. The third-order valence-electron chi connectivity index (χ3n) is 3.38. The molecule has 0 spiro atoms. The topological polar surface area (TPSA) is 78.4 Å². The highest BCUT2D eigenvalue weighted by Crippen LogP contribution is 2.29. The molecule has 0 aliphatic heterocycles. The predicted octanol–water partition coefficient (Wildman–Crippen LogP) is 1.73. The first-order chi connectivity index (χ1) is 7.99. The Morgan fingerprint density at radius 3 is 2.41 bits per heavy atom. The molecule has 3 N–H and O–H groups in total. The zero-order valence-corrected chi connectivity index (χ0v) is 10.5. The molecule has 0 bridgehead atoms. The highest BCUT2D eigenvalue weighted by molar-refractivity contribution is 5.74. The van der Waals surface area contributed by atoms with Crippen LogP contribution in [0, 0.1) is 5.92 Å². The molecule has 2 amide bonds. The molecule has 98 valence electrons. The number of carboxylic acid groups (broad SMARTS) is 1. The Labute approximate surface area is 102 Å². The summed E-state index contributed by atoms with van der Waals surface area (Å²) in [5.41, 5.74) is 0. The maximum Gasteiger partial charge on any atom is 0.315 e. The largest absolute Gasteiger partial charge is 0.481 e. The van der Waals surface area contributed by atoms with Crippen molar-refractivity contribution >= 4 is 12.0 Å². The van der Waals surface area contributed by atoms with Crippen LogP contribution in [-0.4, -0.2) is 29.2 Å². The number of carboxylic acids is 1. The lowest BCUT2D eigenvalue weighted by Gasteiger charge is -2.32. The summed E-state index contributed by atoms with van der Waals surface area (Å²) in [7, 11) is 0. The molecule has 0 saturated heterocycles. The summed E-state index contributed by atoms with van der Waals surface area (Å²) < 4.78 is 0. The molecule has 0 aromatic rings. The summed E-state index contributed by atoms with van der Waals surface area (Å²) in [5.74, 6) is -0.225. The van der Waals surface area contributed by atoms with Crippen molar-refractivity contribution in [1.82, 2.24) is 10.6 Å². The molecule has 2 unspecified atom stereocenters. The quantitative estimate of drug-likeness (QED) is 0.663. The molecule has 5 heteroatoms. The van der Waals surface area contributed by atoms with Crippen molar-refractivity contribution in [2.75, 3.05) is 0 Å². The van der Waals surface area contributed by atoms with Crippen LogP contribution >= 0.6 is 0 Å². The van der Waals surface area contributed by atoms with E-state index < -0.39 is 5.97 Å². The molecule has 1 saturated carbocycles. The van der Waals surface area contributed by atoms with E-state index in [2.05, 4.69) is 10.6 Å². The first-order valence-corrected chi connectivity index (χ1v) is 6.28. The van der Waals surface area contributed by atoms with Crippen molar-refractivity contribution in [2.24, 2.45) is 5.92 Å². The highest BCUT2D eigenvalue weighted by atomic mass is 16.4. The van der Waals surface area contributed by atoms with Crippen molar-refractivity contribution < 1.29 is 14.7 Å². The Kier molecular flexibility index (Phi) is 5.25. The van der Waals surface area contributed by atoms with Crippen molar-refractivity contribution in [3.63, 3.8) is 0 Å². The van der Waals surface area contributed by atoms with E-state index in [4.69, 9.17) is 5.11 Å². The Balaban J connectivity index is 2.16. The average molecular weight is 242 g/mol. The molecule has 17 heavy (non-hydrogen) atoms. The van der Waals surface area contributed by atoms with Gasteiger partial charge in [0.25, 0.3) is 0 Å². The monoisotopic (exact) mass is 242 g/mol. The van der Waals surface area contributed by atoms with Crippen molar-refractivity contribution in [1.29, 1.82) is 0 Å². The Bertz CT molecular complexity index is 277. The number of aliphatic carboxylic acids is 1. The van der Waals surface area contributed by atoms with Crippen molar-refractivity contribution in [2.45, 2.75) is 58.0 Å². The molecule has 2 atom stereocenters.